The lowest BCUT2D eigenvalue weighted by atomic mass is 9.71. The summed E-state index contributed by atoms with van der Waals surface area (Å²) in [5, 5.41) is 0. The van der Waals surface area contributed by atoms with Crippen molar-refractivity contribution in [2.24, 2.45) is 60.1 Å². The summed E-state index contributed by atoms with van der Waals surface area (Å²) >= 11 is 0. The van der Waals surface area contributed by atoms with Gasteiger partial charge in [-0.2, -0.15) is 52.7 Å². The Balaban J connectivity index is -0.000000232. The molecule has 112 heavy (non-hydrogen) atoms. The Labute approximate surface area is 657 Å². The lowest BCUT2D eigenvalue weighted by Crippen LogP contribution is -2.49. The Morgan fingerprint density at radius 2 is 0.411 bits per heavy atom. The zero-order valence-corrected chi connectivity index (χ0v) is 73.5. The van der Waals surface area contributed by atoms with Crippen molar-refractivity contribution in [2.45, 2.75) is 386 Å². The highest BCUT2D eigenvalue weighted by molar-refractivity contribution is 6.08. The van der Waals surface area contributed by atoms with E-state index in [0.29, 0.717) is 0 Å². The summed E-state index contributed by atoms with van der Waals surface area (Å²) in [6.07, 6.45) is -25.5. The van der Waals surface area contributed by atoms with Crippen LogP contribution in [0, 0.1) is 60.1 Å². The van der Waals surface area contributed by atoms with Crippen LogP contribution in [-0.4, -0.2) is 123 Å². The van der Waals surface area contributed by atoms with Gasteiger partial charge < -0.3 is 0 Å². The molecule has 0 bridgehead atoms. The Hall–Kier alpha value is -5.67. The van der Waals surface area contributed by atoms with Crippen LogP contribution in [0.5, 0.6) is 0 Å². The number of hydrogen-bond acceptors (Lipinski definition) is 14. The van der Waals surface area contributed by atoms with Gasteiger partial charge in [0.15, 0.2) is 51.7 Å². The second kappa shape index (κ2) is 45.7. The van der Waals surface area contributed by atoms with E-state index in [4.69, 9.17) is 0 Å². The molecule has 0 aliphatic heterocycles. The SMILES string of the molecule is CC(C)(C)C(=O)CC(=O)C(C)(C)C.CC(C)(C)C(=O)CC(=O)C(C)(C)C.CC(C)(C)C(=O)CC(=O)C(C)(C)C(F)(F)F.CC(C)(C)C(=O)CC(=O)C(C)(C)F.CCC(CC(F)(F)F)C(=O)CC(=O)C(C)(C)C.CCC(CC)(C(=O)CC(=O)C(CC)(CC)C(F)(F)F)C(F)(F)F.CCC(F)(CC)C(=O)CC(=O)C(F)(CC)CC. The van der Waals surface area contributed by atoms with Gasteiger partial charge in [-0.25, -0.2) is 13.2 Å². The van der Waals surface area contributed by atoms with Crippen molar-refractivity contribution < 1.29 is 133 Å². The summed E-state index contributed by atoms with van der Waals surface area (Å²) in [5.41, 5.74) is -17.6. The molecule has 0 aliphatic rings. The molecule has 0 spiro atoms. The molecule has 29 heteroatoms. The first-order valence-electron chi connectivity index (χ1n) is 37.8. The van der Waals surface area contributed by atoms with Gasteiger partial charge in [0.1, 0.15) is 62.5 Å². The fourth-order valence-corrected chi connectivity index (χ4v) is 8.74. The highest BCUT2D eigenvalue weighted by Crippen LogP contribution is 2.49. The molecular formula is C83H137F15O14. The van der Waals surface area contributed by atoms with Crippen molar-refractivity contribution in [3.8, 4) is 0 Å². The number of halogens is 15. The fraction of sp³-hybridized carbons (Fsp3) is 0.831. The summed E-state index contributed by atoms with van der Waals surface area (Å²) in [7, 11) is 0. The first-order valence-corrected chi connectivity index (χ1v) is 37.8. The first kappa shape index (κ1) is 120. The maximum atomic E-state index is 14.0. The van der Waals surface area contributed by atoms with Crippen molar-refractivity contribution >= 4 is 81.0 Å². The first-order chi connectivity index (χ1) is 49.0. The quantitative estimate of drug-likeness (QED) is 0.0463. The number of carbonyl (C=O) groups excluding carboxylic acids is 14. The third-order valence-corrected chi connectivity index (χ3v) is 19.4. The van der Waals surface area contributed by atoms with E-state index in [1.807, 2.05) is 83.1 Å². The second-order valence-electron chi connectivity index (χ2n) is 36.4. The lowest BCUT2D eigenvalue weighted by molar-refractivity contribution is -0.227. The fourth-order valence-electron chi connectivity index (χ4n) is 8.74. The third-order valence-electron chi connectivity index (χ3n) is 19.4. The van der Waals surface area contributed by atoms with Gasteiger partial charge in [0.25, 0.3) is 0 Å². The molecule has 658 valence electrons. The molecule has 14 nitrogen and oxygen atoms in total. The highest BCUT2D eigenvalue weighted by Gasteiger charge is 2.61. The molecule has 1 unspecified atom stereocenters. The third kappa shape index (κ3) is 42.3. The molecule has 0 aromatic carbocycles. The standard InChI is InChI=1S/C15H22F6O2.C13H22F2O2.C12H19F3O2.C11H17F3O2.2C11H20O2.C10H17FO2/c1-5-12(6-2,14(16,17)18)10(22)9-11(23)13(7-3,8-4)15(19,20)21;1-5-12(14,6-2)10(16)9-11(17)13(15,7-3)8-4;1-5-8(7-12(13,14)15)9(16)6-10(17)11(2,3)4;1-9(2,3)7(15)6-8(16)10(4,5)11(12,13)14;2*1-10(2,3)8(12)7-9(13)11(4,5)6;1-9(2,3)7(12)6-8(13)10(4,5)11/h5-9H2,1-4H3;5-9H2,1-4H3;8H,5-7H2,1-4H3;6H2,1-5H3;2*7H2,1-6H3;6H2,1-5H3. The average molecular weight is 1640 g/mol. The van der Waals surface area contributed by atoms with E-state index >= 15 is 0 Å². The molecule has 0 saturated heterocycles. The summed E-state index contributed by atoms with van der Waals surface area (Å²) in [5.74, 6) is -8.93. The van der Waals surface area contributed by atoms with E-state index in [0.717, 1.165) is 41.5 Å². The molecule has 0 N–H and O–H groups in total. The van der Waals surface area contributed by atoms with Gasteiger partial charge in [-0.1, -0.05) is 208 Å². The molecule has 0 aliphatic carbocycles. The van der Waals surface area contributed by atoms with Crippen LogP contribution in [0.1, 0.15) is 345 Å². The summed E-state index contributed by atoms with van der Waals surface area (Å²) in [4.78, 5) is 162. The monoisotopic (exact) mass is 1640 g/mol. The van der Waals surface area contributed by atoms with E-state index in [-0.39, 0.29) is 86.1 Å². The van der Waals surface area contributed by atoms with Crippen molar-refractivity contribution in [2.75, 3.05) is 0 Å². The smallest absolute Gasteiger partial charge is 0.299 e. The van der Waals surface area contributed by atoms with Gasteiger partial charge >= 0.3 is 24.7 Å². The summed E-state index contributed by atoms with van der Waals surface area (Å²) < 4.78 is 194. The van der Waals surface area contributed by atoms with E-state index in [1.165, 1.54) is 20.8 Å². The largest absolute Gasteiger partial charge is 0.401 e. The predicted octanol–water partition coefficient (Wildman–Crippen LogP) is 23.0. The topological polar surface area (TPSA) is 239 Å². The minimum Gasteiger partial charge on any atom is -0.299 e. The lowest BCUT2D eigenvalue weighted by Gasteiger charge is -2.35. The number of alkyl halides is 15. The van der Waals surface area contributed by atoms with Gasteiger partial charge in [0.05, 0.1) is 51.4 Å². The van der Waals surface area contributed by atoms with Crippen LogP contribution in [0.25, 0.3) is 0 Å². The molecule has 0 amide bonds. The summed E-state index contributed by atoms with van der Waals surface area (Å²) in [6.45, 7) is 53.1. The van der Waals surface area contributed by atoms with E-state index in [1.54, 1.807) is 90.0 Å². The molecule has 1 atom stereocenters. The molecular weight excluding hydrogens is 1510 g/mol. The molecule has 0 fully saturated rings. The maximum Gasteiger partial charge on any atom is 0.401 e. The second-order valence-corrected chi connectivity index (χ2v) is 36.4. The number of carbonyl (C=O) groups is 14. The minimum absolute atomic E-state index is 0.0208. The van der Waals surface area contributed by atoms with Crippen molar-refractivity contribution in [3.05, 3.63) is 0 Å². The Kier molecular flexibility index (Phi) is 48.8. The molecule has 0 saturated carbocycles. The van der Waals surface area contributed by atoms with Gasteiger partial charge in [-0.3, -0.25) is 67.1 Å². The number of rotatable bonds is 31. The van der Waals surface area contributed by atoms with Crippen LogP contribution in [0.2, 0.25) is 0 Å². The highest BCUT2D eigenvalue weighted by atomic mass is 19.4. The van der Waals surface area contributed by atoms with Crippen LogP contribution in [0.4, 0.5) is 65.9 Å². The zero-order chi connectivity index (χ0) is 92.2. The van der Waals surface area contributed by atoms with Crippen LogP contribution in [0.15, 0.2) is 0 Å². The van der Waals surface area contributed by atoms with Crippen LogP contribution < -0.4 is 0 Å². The minimum atomic E-state index is -4.91. The molecule has 0 aromatic rings. The zero-order valence-electron chi connectivity index (χ0n) is 73.5. The van der Waals surface area contributed by atoms with Crippen LogP contribution in [-0.2, 0) is 67.1 Å². The van der Waals surface area contributed by atoms with Crippen molar-refractivity contribution in [1.29, 1.82) is 0 Å². The molecule has 0 heterocycles. The Bertz CT molecular complexity index is 2830. The molecule has 0 rings (SSSR count). The van der Waals surface area contributed by atoms with E-state index in [2.05, 4.69) is 0 Å². The Morgan fingerprint density at radius 3 is 0.571 bits per heavy atom. The predicted molar refractivity (Wildman–Crippen MR) is 405 cm³/mol. The van der Waals surface area contributed by atoms with Crippen molar-refractivity contribution in [1.82, 2.24) is 0 Å². The van der Waals surface area contributed by atoms with E-state index in [9.17, 15) is 133 Å². The number of ketones is 14. The molecule has 0 aromatic heterocycles. The van der Waals surface area contributed by atoms with Gasteiger partial charge in [0.2, 0.25) is 0 Å². The van der Waals surface area contributed by atoms with Crippen molar-refractivity contribution in [3.63, 3.8) is 0 Å². The molecule has 0 radical (unpaired) electrons. The van der Waals surface area contributed by atoms with Crippen LogP contribution >= 0.6 is 0 Å². The van der Waals surface area contributed by atoms with E-state index < -0.39 is 206 Å². The number of hydrogen-bond donors (Lipinski definition) is 0. The maximum absolute atomic E-state index is 14.0. The Morgan fingerprint density at radius 1 is 0.223 bits per heavy atom. The normalized spacial score (nSPS) is 13.4. The number of Topliss-reactive ketones (excluding diaryl/α,β-unsaturated/α-hetero) is 14. The van der Waals surface area contributed by atoms with Gasteiger partial charge in [-0.15, -0.1) is 0 Å². The summed E-state index contributed by atoms with van der Waals surface area (Å²) in [6, 6.07) is 0. The van der Waals surface area contributed by atoms with Gasteiger partial charge in [-0.05, 0) is 85.5 Å². The van der Waals surface area contributed by atoms with Crippen LogP contribution in [0.3, 0.4) is 0 Å². The van der Waals surface area contributed by atoms with Gasteiger partial charge in [0, 0.05) is 43.8 Å². The average Bonchev–Trinajstić information content (AvgIpc) is 0.766.